The minimum absolute atomic E-state index is 0.000506. The molecule has 0 bridgehead atoms. The van der Waals surface area contributed by atoms with Crippen molar-refractivity contribution in [3.63, 3.8) is 0 Å². The van der Waals surface area contributed by atoms with Gasteiger partial charge in [0.1, 0.15) is 6.10 Å². The molecule has 0 saturated heterocycles. The van der Waals surface area contributed by atoms with E-state index in [0.717, 1.165) is 17.7 Å². The summed E-state index contributed by atoms with van der Waals surface area (Å²) in [4.78, 5) is 26.2. The molecule has 2 heterocycles. The van der Waals surface area contributed by atoms with Crippen LogP contribution >= 0.6 is 0 Å². The van der Waals surface area contributed by atoms with E-state index in [0.29, 0.717) is 12.1 Å². The molecule has 0 N–H and O–H groups in total. The Hall–Kier alpha value is -2.62. The van der Waals surface area contributed by atoms with Crippen molar-refractivity contribution in [3.05, 3.63) is 65.2 Å². The van der Waals surface area contributed by atoms with Crippen LogP contribution in [0.25, 0.3) is 0 Å². The Morgan fingerprint density at radius 2 is 1.91 bits per heavy atom. The Balaban J connectivity index is 1.56. The van der Waals surface area contributed by atoms with E-state index in [9.17, 15) is 9.59 Å². The molecule has 1 atom stereocenters. The fourth-order valence-corrected chi connectivity index (χ4v) is 3.24. The first-order chi connectivity index (χ1) is 10.7. The molecular weight excluding hydrogens is 278 g/mol. The molecule has 2 aromatic rings. The highest BCUT2D eigenvalue weighted by Crippen LogP contribution is 2.35. The third-order valence-electron chi connectivity index (χ3n) is 4.33. The van der Waals surface area contributed by atoms with Gasteiger partial charge in [0, 0.05) is 17.8 Å². The van der Waals surface area contributed by atoms with E-state index in [4.69, 9.17) is 4.74 Å². The lowest BCUT2D eigenvalue weighted by Gasteiger charge is -2.19. The molecule has 1 unspecified atom stereocenters. The van der Waals surface area contributed by atoms with Crippen LogP contribution in [-0.2, 0) is 16.0 Å². The number of hydrogen-bond acceptors (Lipinski definition) is 3. The van der Waals surface area contributed by atoms with Crippen molar-refractivity contribution in [2.24, 2.45) is 0 Å². The molecule has 22 heavy (non-hydrogen) atoms. The number of carbonyl (C=O) groups is 2. The number of ether oxygens (including phenoxy) is 1. The molecule has 1 amide bonds. The highest BCUT2D eigenvalue weighted by Gasteiger charge is 2.34. The number of fused-ring (bicyclic) bond motifs is 2. The molecule has 4 nitrogen and oxygen atoms in total. The third kappa shape index (κ3) is 1.99. The van der Waals surface area contributed by atoms with Crippen LogP contribution in [0.4, 0.5) is 5.69 Å². The van der Waals surface area contributed by atoms with Gasteiger partial charge in [-0.3, -0.25) is 4.79 Å². The minimum atomic E-state index is -0.469. The van der Waals surface area contributed by atoms with Gasteiger partial charge in [-0.1, -0.05) is 36.4 Å². The predicted molar refractivity (Wildman–Crippen MR) is 81.7 cm³/mol. The van der Waals surface area contributed by atoms with Gasteiger partial charge in [0.05, 0.1) is 12.0 Å². The Kier molecular flexibility index (Phi) is 2.96. The van der Waals surface area contributed by atoms with Crippen LogP contribution < -0.4 is 4.90 Å². The summed E-state index contributed by atoms with van der Waals surface area (Å²) in [6.07, 6.45) is 0.601. The zero-order valence-corrected chi connectivity index (χ0v) is 12.0. The zero-order chi connectivity index (χ0) is 15.1. The molecule has 2 aliphatic rings. The highest BCUT2D eigenvalue weighted by molar-refractivity contribution is 5.98. The van der Waals surface area contributed by atoms with Gasteiger partial charge in [0.15, 0.2) is 0 Å². The van der Waals surface area contributed by atoms with E-state index >= 15 is 0 Å². The van der Waals surface area contributed by atoms with Crippen LogP contribution in [0.3, 0.4) is 0 Å². The number of esters is 1. The number of para-hydroxylation sites is 1. The van der Waals surface area contributed by atoms with Gasteiger partial charge < -0.3 is 9.64 Å². The van der Waals surface area contributed by atoms with E-state index in [1.54, 1.807) is 17.0 Å². The van der Waals surface area contributed by atoms with Gasteiger partial charge in [-0.2, -0.15) is 0 Å². The summed E-state index contributed by atoms with van der Waals surface area (Å²) in [5, 5.41) is 0. The topological polar surface area (TPSA) is 46.6 Å². The monoisotopic (exact) mass is 293 g/mol. The van der Waals surface area contributed by atoms with Crippen molar-refractivity contribution >= 4 is 17.6 Å². The van der Waals surface area contributed by atoms with Gasteiger partial charge in [0.2, 0.25) is 5.91 Å². The third-order valence-corrected chi connectivity index (χ3v) is 4.33. The Morgan fingerprint density at radius 1 is 1.14 bits per heavy atom. The molecule has 0 fully saturated rings. The zero-order valence-electron chi connectivity index (χ0n) is 12.0. The number of hydrogen-bond donors (Lipinski definition) is 0. The fourth-order valence-electron chi connectivity index (χ4n) is 3.24. The number of cyclic esters (lactones) is 1. The molecule has 0 saturated carbocycles. The lowest BCUT2D eigenvalue weighted by Crippen LogP contribution is -2.30. The second kappa shape index (κ2) is 4.98. The molecule has 0 aromatic heterocycles. The molecular formula is C18H15NO3. The summed E-state index contributed by atoms with van der Waals surface area (Å²) >= 11 is 0. The van der Waals surface area contributed by atoms with Crippen molar-refractivity contribution in [1.29, 1.82) is 0 Å². The summed E-state index contributed by atoms with van der Waals surface area (Å²) in [5.74, 6) is -0.338. The van der Waals surface area contributed by atoms with Crippen LogP contribution in [0, 0.1) is 0 Å². The van der Waals surface area contributed by atoms with Gasteiger partial charge in [-0.15, -0.1) is 0 Å². The van der Waals surface area contributed by atoms with Crippen LogP contribution in [-0.4, -0.2) is 18.4 Å². The van der Waals surface area contributed by atoms with Gasteiger partial charge >= 0.3 is 5.97 Å². The largest absolute Gasteiger partial charge is 0.453 e. The van der Waals surface area contributed by atoms with Crippen LogP contribution in [0.5, 0.6) is 0 Å². The summed E-state index contributed by atoms with van der Waals surface area (Å²) in [7, 11) is 0. The van der Waals surface area contributed by atoms with Gasteiger partial charge in [0.25, 0.3) is 0 Å². The molecule has 110 valence electrons. The van der Waals surface area contributed by atoms with Crippen molar-refractivity contribution in [2.45, 2.75) is 18.9 Å². The van der Waals surface area contributed by atoms with Crippen molar-refractivity contribution in [3.8, 4) is 0 Å². The quantitative estimate of drug-likeness (QED) is 0.800. The van der Waals surface area contributed by atoms with Gasteiger partial charge in [-0.05, 0) is 24.1 Å². The highest BCUT2D eigenvalue weighted by atomic mass is 16.5. The molecule has 4 rings (SSSR count). The van der Waals surface area contributed by atoms with E-state index in [2.05, 4.69) is 0 Å². The summed E-state index contributed by atoms with van der Waals surface area (Å²) in [6.45, 7) is 0.695. The van der Waals surface area contributed by atoms with E-state index in [1.165, 1.54) is 5.56 Å². The Morgan fingerprint density at radius 3 is 2.82 bits per heavy atom. The van der Waals surface area contributed by atoms with Crippen LogP contribution in [0.1, 0.15) is 34.0 Å². The van der Waals surface area contributed by atoms with Gasteiger partial charge in [-0.25, -0.2) is 4.79 Å². The van der Waals surface area contributed by atoms with E-state index in [1.807, 2.05) is 36.4 Å². The van der Waals surface area contributed by atoms with E-state index in [-0.39, 0.29) is 18.3 Å². The number of benzene rings is 2. The lowest BCUT2D eigenvalue weighted by atomic mass is 10.0. The normalized spacial score (nSPS) is 18.8. The molecule has 0 aliphatic carbocycles. The lowest BCUT2D eigenvalue weighted by molar-refractivity contribution is -0.120. The molecule has 2 aliphatic heterocycles. The number of anilines is 1. The first kappa shape index (κ1) is 13.1. The van der Waals surface area contributed by atoms with Crippen molar-refractivity contribution in [1.82, 2.24) is 0 Å². The number of carbonyl (C=O) groups excluding carboxylic acids is 2. The molecule has 0 spiro atoms. The summed E-state index contributed by atoms with van der Waals surface area (Å²) in [6, 6.07) is 15.2. The first-order valence-electron chi connectivity index (χ1n) is 7.42. The second-order valence-corrected chi connectivity index (χ2v) is 5.61. The second-order valence-electron chi connectivity index (χ2n) is 5.61. The molecule has 0 radical (unpaired) electrons. The molecule has 2 aromatic carbocycles. The molecule has 4 heteroatoms. The standard InChI is InChI=1S/C18H15NO3/c20-17(19-10-9-12-5-1-4-8-15(12)19)11-16-13-6-2-3-7-14(13)18(21)22-16/h1-8,16H,9-11H2. The Labute approximate surface area is 128 Å². The van der Waals surface area contributed by atoms with Crippen LogP contribution in [0.15, 0.2) is 48.5 Å². The maximum absolute atomic E-state index is 12.6. The first-order valence-corrected chi connectivity index (χ1v) is 7.42. The smallest absolute Gasteiger partial charge is 0.339 e. The number of nitrogens with zero attached hydrogens (tertiary/aromatic N) is 1. The van der Waals surface area contributed by atoms with Crippen molar-refractivity contribution in [2.75, 3.05) is 11.4 Å². The minimum Gasteiger partial charge on any atom is -0.453 e. The number of rotatable bonds is 2. The number of amides is 1. The van der Waals surface area contributed by atoms with E-state index < -0.39 is 6.10 Å². The summed E-state index contributed by atoms with van der Waals surface area (Å²) < 4.78 is 5.36. The summed E-state index contributed by atoms with van der Waals surface area (Å²) in [5.41, 5.74) is 3.56. The maximum atomic E-state index is 12.6. The SMILES string of the molecule is O=C1OC(CC(=O)N2CCc3ccccc32)c2ccccc21. The van der Waals surface area contributed by atoms with Crippen LogP contribution in [0.2, 0.25) is 0 Å². The fraction of sp³-hybridized carbons (Fsp3) is 0.222. The average Bonchev–Trinajstić information content (AvgIpc) is 3.10. The van der Waals surface area contributed by atoms with Crippen molar-refractivity contribution < 1.29 is 14.3 Å². The Bertz CT molecular complexity index is 768. The maximum Gasteiger partial charge on any atom is 0.339 e. The average molecular weight is 293 g/mol. The predicted octanol–water partition coefficient (Wildman–Crippen LogP) is 2.88.